The van der Waals surface area contributed by atoms with E-state index in [9.17, 15) is 9.90 Å². The standard InChI is InChI=1S/C12H15ClO4/c1-7-5-9(6-8(2)10(7)14)11(12(15)16)17-4-3-13/h5-6,11,14H,3-4H2,1-2H3,(H,15,16). The molecule has 0 heterocycles. The van der Waals surface area contributed by atoms with Gasteiger partial charge < -0.3 is 14.9 Å². The number of aromatic hydroxyl groups is 1. The van der Waals surface area contributed by atoms with Gasteiger partial charge >= 0.3 is 5.97 Å². The maximum absolute atomic E-state index is 11.1. The number of carboxylic acid groups (broad SMARTS) is 1. The molecular formula is C12H15ClO4. The van der Waals surface area contributed by atoms with Gasteiger partial charge in [0.2, 0.25) is 0 Å². The molecule has 0 bridgehead atoms. The highest BCUT2D eigenvalue weighted by Crippen LogP contribution is 2.27. The molecule has 4 nitrogen and oxygen atoms in total. The summed E-state index contributed by atoms with van der Waals surface area (Å²) in [5.74, 6) is -0.658. The summed E-state index contributed by atoms with van der Waals surface area (Å²) in [6, 6.07) is 3.21. The molecular weight excluding hydrogens is 244 g/mol. The number of aryl methyl sites for hydroxylation is 2. The van der Waals surface area contributed by atoms with Gasteiger partial charge in [-0.25, -0.2) is 4.79 Å². The lowest BCUT2D eigenvalue weighted by Crippen LogP contribution is -2.16. The quantitative estimate of drug-likeness (QED) is 0.796. The number of hydrogen-bond acceptors (Lipinski definition) is 3. The first kappa shape index (κ1) is 13.8. The molecule has 5 heteroatoms. The number of aliphatic carboxylic acids is 1. The number of alkyl halides is 1. The Balaban J connectivity index is 3.06. The molecule has 17 heavy (non-hydrogen) atoms. The predicted octanol–water partition coefficient (Wildman–Crippen LogP) is 2.39. The van der Waals surface area contributed by atoms with Crippen LogP contribution in [-0.2, 0) is 9.53 Å². The van der Waals surface area contributed by atoms with Crippen LogP contribution < -0.4 is 0 Å². The SMILES string of the molecule is Cc1cc(C(OCCCl)C(=O)O)cc(C)c1O. The molecule has 1 aromatic carbocycles. The van der Waals surface area contributed by atoms with Crippen LogP contribution >= 0.6 is 11.6 Å². The zero-order valence-corrected chi connectivity index (χ0v) is 10.5. The lowest BCUT2D eigenvalue weighted by molar-refractivity contribution is -0.150. The fraction of sp³-hybridized carbons (Fsp3) is 0.417. The minimum atomic E-state index is -1.07. The van der Waals surface area contributed by atoms with Crippen molar-refractivity contribution in [3.63, 3.8) is 0 Å². The van der Waals surface area contributed by atoms with Crippen molar-refractivity contribution in [1.29, 1.82) is 0 Å². The molecule has 1 unspecified atom stereocenters. The van der Waals surface area contributed by atoms with Gasteiger partial charge in [-0.05, 0) is 42.7 Å². The third-order valence-electron chi connectivity index (χ3n) is 2.40. The zero-order valence-electron chi connectivity index (χ0n) is 9.74. The Morgan fingerprint density at radius 1 is 1.41 bits per heavy atom. The second kappa shape index (κ2) is 5.89. The van der Waals surface area contributed by atoms with Crippen molar-refractivity contribution in [2.45, 2.75) is 20.0 Å². The van der Waals surface area contributed by atoms with Crippen molar-refractivity contribution >= 4 is 17.6 Å². The topological polar surface area (TPSA) is 66.8 Å². The number of carbonyl (C=O) groups is 1. The maximum atomic E-state index is 11.1. The number of carboxylic acids is 1. The van der Waals surface area contributed by atoms with Crippen molar-refractivity contribution in [3.8, 4) is 5.75 Å². The molecule has 0 saturated carbocycles. The van der Waals surface area contributed by atoms with Crippen molar-refractivity contribution < 1.29 is 19.7 Å². The third-order valence-corrected chi connectivity index (χ3v) is 2.56. The van der Waals surface area contributed by atoms with Crippen LogP contribution in [0, 0.1) is 13.8 Å². The molecule has 0 saturated heterocycles. The van der Waals surface area contributed by atoms with E-state index in [0.717, 1.165) is 0 Å². The van der Waals surface area contributed by atoms with Crippen molar-refractivity contribution in [1.82, 2.24) is 0 Å². The number of phenols is 1. The van der Waals surface area contributed by atoms with E-state index in [1.807, 2.05) is 0 Å². The molecule has 0 spiro atoms. The van der Waals surface area contributed by atoms with Crippen LogP contribution in [0.4, 0.5) is 0 Å². The second-order valence-corrected chi connectivity index (χ2v) is 4.16. The Hall–Kier alpha value is -1.26. The van der Waals surface area contributed by atoms with E-state index in [1.54, 1.807) is 26.0 Å². The molecule has 0 amide bonds. The minimum Gasteiger partial charge on any atom is -0.507 e. The average molecular weight is 259 g/mol. The highest BCUT2D eigenvalue weighted by molar-refractivity contribution is 6.17. The number of phenolic OH excluding ortho intramolecular Hbond substituents is 1. The van der Waals surface area contributed by atoms with Crippen molar-refractivity contribution in [2.24, 2.45) is 0 Å². The number of ether oxygens (including phenoxy) is 1. The first-order chi connectivity index (χ1) is 7.97. The largest absolute Gasteiger partial charge is 0.507 e. The summed E-state index contributed by atoms with van der Waals surface area (Å²) >= 11 is 5.47. The molecule has 0 aliphatic carbocycles. The second-order valence-electron chi connectivity index (χ2n) is 3.78. The van der Waals surface area contributed by atoms with Crippen molar-refractivity contribution in [3.05, 3.63) is 28.8 Å². The van der Waals surface area contributed by atoms with Crippen LogP contribution in [0.15, 0.2) is 12.1 Å². The first-order valence-electron chi connectivity index (χ1n) is 5.18. The van der Waals surface area contributed by atoms with Crippen LogP contribution in [0.1, 0.15) is 22.8 Å². The molecule has 1 atom stereocenters. The van der Waals surface area contributed by atoms with Gasteiger partial charge in [0, 0.05) is 5.88 Å². The molecule has 0 radical (unpaired) electrons. The zero-order chi connectivity index (χ0) is 13.0. The van der Waals surface area contributed by atoms with Crippen molar-refractivity contribution in [2.75, 3.05) is 12.5 Å². The van der Waals surface area contributed by atoms with Gasteiger partial charge in [-0.3, -0.25) is 0 Å². The molecule has 0 aliphatic rings. The number of hydrogen-bond donors (Lipinski definition) is 2. The van der Waals surface area contributed by atoms with Gasteiger partial charge in [-0.15, -0.1) is 11.6 Å². The Bertz CT molecular complexity index is 394. The Morgan fingerprint density at radius 2 is 1.94 bits per heavy atom. The smallest absolute Gasteiger partial charge is 0.337 e. The van der Waals surface area contributed by atoms with E-state index in [0.29, 0.717) is 16.7 Å². The van der Waals surface area contributed by atoms with Gasteiger partial charge in [-0.2, -0.15) is 0 Å². The predicted molar refractivity (Wildman–Crippen MR) is 64.6 cm³/mol. The summed E-state index contributed by atoms with van der Waals surface area (Å²) in [6.07, 6.45) is -1.05. The van der Waals surface area contributed by atoms with E-state index in [-0.39, 0.29) is 18.2 Å². The summed E-state index contributed by atoms with van der Waals surface area (Å²) in [4.78, 5) is 11.1. The number of halogens is 1. The van der Waals surface area contributed by atoms with Crippen LogP contribution in [0.2, 0.25) is 0 Å². The molecule has 2 N–H and O–H groups in total. The van der Waals surface area contributed by atoms with Crippen LogP contribution in [0.5, 0.6) is 5.75 Å². The fourth-order valence-corrected chi connectivity index (χ4v) is 1.70. The normalized spacial score (nSPS) is 12.4. The van der Waals surface area contributed by atoms with Crippen LogP contribution in [0.3, 0.4) is 0 Å². The van der Waals surface area contributed by atoms with E-state index in [2.05, 4.69) is 0 Å². The third kappa shape index (κ3) is 3.35. The molecule has 0 fully saturated rings. The number of benzene rings is 1. The van der Waals surface area contributed by atoms with Gasteiger partial charge in [0.25, 0.3) is 0 Å². The van der Waals surface area contributed by atoms with E-state index >= 15 is 0 Å². The monoisotopic (exact) mass is 258 g/mol. The summed E-state index contributed by atoms with van der Waals surface area (Å²) < 4.78 is 5.18. The van der Waals surface area contributed by atoms with Crippen LogP contribution in [-0.4, -0.2) is 28.7 Å². The molecule has 0 aliphatic heterocycles. The first-order valence-corrected chi connectivity index (χ1v) is 5.71. The lowest BCUT2D eigenvalue weighted by Gasteiger charge is -2.15. The molecule has 1 rings (SSSR count). The number of rotatable bonds is 5. The minimum absolute atomic E-state index is 0.164. The van der Waals surface area contributed by atoms with Gasteiger partial charge in [0.15, 0.2) is 6.10 Å². The maximum Gasteiger partial charge on any atom is 0.337 e. The Kier molecular flexibility index (Phi) is 4.78. The van der Waals surface area contributed by atoms with Crippen LogP contribution in [0.25, 0.3) is 0 Å². The van der Waals surface area contributed by atoms with Gasteiger partial charge in [0.05, 0.1) is 6.61 Å². The fourth-order valence-electron chi connectivity index (χ4n) is 1.61. The summed E-state index contributed by atoms with van der Waals surface area (Å²) in [5.41, 5.74) is 1.76. The average Bonchev–Trinajstić information content (AvgIpc) is 2.25. The highest BCUT2D eigenvalue weighted by Gasteiger charge is 2.21. The van der Waals surface area contributed by atoms with Gasteiger partial charge in [0.1, 0.15) is 5.75 Å². The Labute approximate surface area is 105 Å². The summed E-state index contributed by atoms with van der Waals surface area (Å²) in [5, 5.41) is 18.7. The molecule has 1 aromatic rings. The Morgan fingerprint density at radius 3 is 2.35 bits per heavy atom. The molecule has 0 aromatic heterocycles. The lowest BCUT2D eigenvalue weighted by atomic mass is 10.0. The summed E-state index contributed by atoms with van der Waals surface area (Å²) in [7, 11) is 0. The molecule has 94 valence electrons. The summed E-state index contributed by atoms with van der Waals surface area (Å²) in [6.45, 7) is 3.59. The van der Waals surface area contributed by atoms with E-state index in [1.165, 1.54) is 0 Å². The van der Waals surface area contributed by atoms with E-state index in [4.69, 9.17) is 21.4 Å². The van der Waals surface area contributed by atoms with Gasteiger partial charge in [-0.1, -0.05) is 0 Å². The van der Waals surface area contributed by atoms with E-state index < -0.39 is 12.1 Å². The highest BCUT2D eigenvalue weighted by atomic mass is 35.5.